The van der Waals surface area contributed by atoms with Gasteiger partial charge in [-0.2, -0.15) is 0 Å². The van der Waals surface area contributed by atoms with Gasteiger partial charge in [0.2, 0.25) is 0 Å². The lowest BCUT2D eigenvalue weighted by Gasteiger charge is -2.28. The third-order valence-corrected chi connectivity index (χ3v) is 2.19. The molecule has 3 heteroatoms. The molecule has 2 N–H and O–H groups in total. The van der Waals surface area contributed by atoms with E-state index in [1.807, 2.05) is 6.92 Å². The molecular formula is C10H23NO2. The second kappa shape index (κ2) is 5.58. The molecule has 2 atom stereocenters. The van der Waals surface area contributed by atoms with Gasteiger partial charge < -0.3 is 15.2 Å². The number of methoxy groups -OCH3 is 1. The number of rotatable bonds is 6. The van der Waals surface area contributed by atoms with E-state index in [1.165, 1.54) is 0 Å². The van der Waals surface area contributed by atoms with Crippen molar-refractivity contribution in [2.45, 2.75) is 51.8 Å². The van der Waals surface area contributed by atoms with E-state index in [2.05, 4.69) is 26.1 Å². The highest BCUT2D eigenvalue weighted by Crippen LogP contribution is 2.15. The molecule has 0 spiro atoms. The maximum absolute atomic E-state index is 8.85. The highest BCUT2D eigenvalue weighted by molar-refractivity contribution is 4.76. The van der Waals surface area contributed by atoms with Gasteiger partial charge in [-0.3, -0.25) is 0 Å². The van der Waals surface area contributed by atoms with Gasteiger partial charge in [0.05, 0.1) is 12.2 Å². The van der Waals surface area contributed by atoms with Gasteiger partial charge in [-0.15, -0.1) is 0 Å². The Hall–Kier alpha value is -0.120. The zero-order valence-corrected chi connectivity index (χ0v) is 9.42. The number of aliphatic hydroxyl groups is 1. The molecule has 0 bridgehead atoms. The van der Waals surface area contributed by atoms with Crippen LogP contribution in [0.2, 0.25) is 0 Å². The first-order chi connectivity index (χ1) is 5.91. The first-order valence-corrected chi connectivity index (χ1v) is 4.83. The molecule has 0 aliphatic carbocycles. The molecule has 80 valence electrons. The molecule has 0 rings (SSSR count). The number of nitrogens with one attached hydrogen (secondary N) is 1. The molecule has 0 heterocycles. The zero-order valence-electron chi connectivity index (χ0n) is 9.42. The van der Waals surface area contributed by atoms with Crippen molar-refractivity contribution >= 4 is 0 Å². The minimum Gasteiger partial charge on any atom is -0.395 e. The van der Waals surface area contributed by atoms with Gasteiger partial charge in [-0.1, -0.05) is 0 Å². The van der Waals surface area contributed by atoms with E-state index in [1.54, 1.807) is 7.11 Å². The molecule has 13 heavy (non-hydrogen) atoms. The standard InChI is InChI=1S/C10H23NO2/c1-8(11-9(2)7-12)6-10(3,4)13-5/h8-9,11-12H,6-7H2,1-5H3/t8-,9-/m1/s1. The van der Waals surface area contributed by atoms with Crippen molar-refractivity contribution in [1.29, 1.82) is 0 Å². The van der Waals surface area contributed by atoms with Crippen molar-refractivity contribution in [1.82, 2.24) is 5.32 Å². The van der Waals surface area contributed by atoms with E-state index in [-0.39, 0.29) is 18.2 Å². The fourth-order valence-corrected chi connectivity index (χ4v) is 1.42. The van der Waals surface area contributed by atoms with E-state index >= 15 is 0 Å². The van der Waals surface area contributed by atoms with Crippen LogP contribution in [0.5, 0.6) is 0 Å². The molecule has 0 fully saturated rings. The first kappa shape index (κ1) is 12.9. The van der Waals surface area contributed by atoms with Crippen LogP contribution in [-0.4, -0.2) is 36.5 Å². The monoisotopic (exact) mass is 189 g/mol. The maximum Gasteiger partial charge on any atom is 0.0637 e. The van der Waals surface area contributed by atoms with Gasteiger partial charge in [0.15, 0.2) is 0 Å². The summed E-state index contributed by atoms with van der Waals surface area (Å²) in [4.78, 5) is 0. The van der Waals surface area contributed by atoms with Crippen LogP contribution in [-0.2, 0) is 4.74 Å². The summed E-state index contributed by atoms with van der Waals surface area (Å²) in [5.74, 6) is 0. The van der Waals surface area contributed by atoms with Crippen LogP contribution >= 0.6 is 0 Å². The highest BCUT2D eigenvalue weighted by atomic mass is 16.5. The van der Waals surface area contributed by atoms with E-state index in [0.717, 1.165) is 6.42 Å². The summed E-state index contributed by atoms with van der Waals surface area (Å²) in [5, 5.41) is 12.1. The lowest BCUT2D eigenvalue weighted by molar-refractivity contribution is 0.00725. The Bertz CT molecular complexity index is 137. The maximum atomic E-state index is 8.85. The largest absolute Gasteiger partial charge is 0.395 e. The quantitative estimate of drug-likeness (QED) is 0.659. The molecule has 0 aliphatic rings. The number of ether oxygens (including phenoxy) is 1. The van der Waals surface area contributed by atoms with Gasteiger partial charge in [0.1, 0.15) is 0 Å². The molecule has 0 aromatic carbocycles. The fraction of sp³-hybridized carbons (Fsp3) is 1.00. The van der Waals surface area contributed by atoms with E-state index in [9.17, 15) is 0 Å². The van der Waals surface area contributed by atoms with E-state index < -0.39 is 0 Å². The minimum absolute atomic E-state index is 0.0956. The van der Waals surface area contributed by atoms with Crippen molar-refractivity contribution in [3.8, 4) is 0 Å². The third-order valence-electron chi connectivity index (χ3n) is 2.19. The Labute approximate surface area is 81.5 Å². The van der Waals surface area contributed by atoms with Crippen molar-refractivity contribution in [2.24, 2.45) is 0 Å². The van der Waals surface area contributed by atoms with Gasteiger partial charge in [0.25, 0.3) is 0 Å². The number of hydrogen-bond donors (Lipinski definition) is 2. The summed E-state index contributed by atoms with van der Waals surface area (Å²) in [7, 11) is 1.72. The SMILES string of the molecule is COC(C)(C)C[C@@H](C)N[C@H](C)CO. The summed E-state index contributed by atoms with van der Waals surface area (Å²) in [6.07, 6.45) is 0.938. The first-order valence-electron chi connectivity index (χ1n) is 4.83. The van der Waals surface area contributed by atoms with Crippen molar-refractivity contribution < 1.29 is 9.84 Å². The molecule has 0 aromatic rings. The Balaban J connectivity index is 3.79. The van der Waals surface area contributed by atoms with Crippen LogP contribution in [0, 0.1) is 0 Å². The summed E-state index contributed by atoms with van der Waals surface area (Å²) < 4.78 is 5.32. The average molecular weight is 189 g/mol. The fourth-order valence-electron chi connectivity index (χ4n) is 1.42. The zero-order chi connectivity index (χ0) is 10.5. The molecular weight excluding hydrogens is 166 g/mol. The summed E-state index contributed by atoms with van der Waals surface area (Å²) in [5.41, 5.74) is -0.0956. The normalized spacial score (nSPS) is 17.1. The predicted octanol–water partition coefficient (Wildman–Crippen LogP) is 1.16. The summed E-state index contributed by atoms with van der Waals surface area (Å²) in [6, 6.07) is 0.514. The smallest absolute Gasteiger partial charge is 0.0637 e. The van der Waals surface area contributed by atoms with Crippen LogP contribution in [0.4, 0.5) is 0 Å². The molecule has 0 radical (unpaired) electrons. The Morgan fingerprint density at radius 3 is 2.23 bits per heavy atom. The molecule has 0 amide bonds. The average Bonchev–Trinajstić information content (AvgIpc) is 2.03. The molecule has 0 aromatic heterocycles. The van der Waals surface area contributed by atoms with Crippen molar-refractivity contribution in [3.63, 3.8) is 0 Å². The second-order valence-electron chi connectivity index (χ2n) is 4.32. The topological polar surface area (TPSA) is 41.5 Å². The Morgan fingerprint density at radius 2 is 1.85 bits per heavy atom. The van der Waals surface area contributed by atoms with Gasteiger partial charge >= 0.3 is 0 Å². The van der Waals surface area contributed by atoms with Crippen LogP contribution in [0.1, 0.15) is 34.1 Å². The van der Waals surface area contributed by atoms with E-state index in [4.69, 9.17) is 9.84 Å². The van der Waals surface area contributed by atoms with Gasteiger partial charge in [0, 0.05) is 19.2 Å². The molecule has 0 aliphatic heterocycles. The second-order valence-corrected chi connectivity index (χ2v) is 4.32. The van der Waals surface area contributed by atoms with Gasteiger partial charge in [-0.25, -0.2) is 0 Å². The van der Waals surface area contributed by atoms with Crippen LogP contribution in [0.15, 0.2) is 0 Å². The Morgan fingerprint density at radius 1 is 1.31 bits per heavy atom. The highest BCUT2D eigenvalue weighted by Gasteiger charge is 2.20. The number of aliphatic hydroxyl groups excluding tert-OH is 1. The Kier molecular flexibility index (Phi) is 5.53. The van der Waals surface area contributed by atoms with Crippen LogP contribution in [0.3, 0.4) is 0 Å². The van der Waals surface area contributed by atoms with Crippen molar-refractivity contribution in [3.05, 3.63) is 0 Å². The van der Waals surface area contributed by atoms with E-state index in [0.29, 0.717) is 6.04 Å². The third kappa shape index (κ3) is 6.02. The van der Waals surface area contributed by atoms with Crippen LogP contribution < -0.4 is 5.32 Å². The number of hydrogen-bond acceptors (Lipinski definition) is 3. The lowest BCUT2D eigenvalue weighted by Crippen LogP contribution is -2.41. The van der Waals surface area contributed by atoms with Crippen LogP contribution in [0.25, 0.3) is 0 Å². The molecule has 0 unspecified atom stereocenters. The molecule has 0 saturated heterocycles. The van der Waals surface area contributed by atoms with Crippen molar-refractivity contribution in [2.75, 3.05) is 13.7 Å². The molecule has 3 nitrogen and oxygen atoms in total. The van der Waals surface area contributed by atoms with Gasteiger partial charge in [-0.05, 0) is 34.1 Å². The predicted molar refractivity (Wildman–Crippen MR) is 54.9 cm³/mol. The summed E-state index contributed by atoms with van der Waals surface area (Å²) in [6.45, 7) is 8.38. The molecule has 0 saturated carbocycles. The minimum atomic E-state index is -0.0956. The lowest BCUT2D eigenvalue weighted by atomic mass is 9.99. The summed E-state index contributed by atoms with van der Waals surface area (Å²) >= 11 is 0.